The summed E-state index contributed by atoms with van der Waals surface area (Å²) in [4.78, 5) is 59.6. The highest BCUT2D eigenvalue weighted by Crippen LogP contribution is 2.16. The third-order valence-corrected chi connectivity index (χ3v) is 4.88. The van der Waals surface area contributed by atoms with Crippen LogP contribution in [0.1, 0.15) is 23.2 Å². The SMILES string of the molecule is O=C(CCCNC(=O)c1ccsc1)NCC(=O)Nc1cccc2c(=O)[nH][nH]c(=O)c12. The third kappa shape index (κ3) is 5.20. The Balaban J connectivity index is 1.45. The highest BCUT2D eigenvalue weighted by Gasteiger charge is 2.12. The average molecular weight is 429 g/mol. The van der Waals surface area contributed by atoms with Gasteiger partial charge in [0.05, 0.1) is 23.0 Å². The molecular formula is C19H19N5O5S. The van der Waals surface area contributed by atoms with Crippen molar-refractivity contribution in [3.8, 4) is 0 Å². The lowest BCUT2D eigenvalue weighted by molar-refractivity contribution is -0.124. The van der Waals surface area contributed by atoms with Gasteiger partial charge in [-0.05, 0) is 30.0 Å². The van der Waals surface area contributed by atoms with E-state index >= 15 is 0 Å². The van der Waals surface area contributed by atoms with Crippen LogP contribution in [-0.2, 0) is 9.59 Å². The number of aromatic nitrogens is 2. The van der Waals surface area contributed by atoms with Gasteiger partial charge in [-0.2, -0.15) is 11.3 Å². The monoisotopic (exact) mass is 429 g/mol. The van der Waals surface area contributed by atoms with Crippen molar-refractivity contribution in [2.24, 2.45) is 0 Å². The molecule has 0 saturated heterocycles. The maximum absolute atomic E-state index is 12.1. The number of anilines is 1. The van der Waals surface area contributed by atoms with Crippen LogP contribution in [0.5, 0.6) is 0 Å². The van der Waals surface area contributed by atoms with Gasteiger partial charge in [-0.25, -0.2) is 0 Å². The van der Waals surface area contributed by atoms with E-state index in [0.29, 0.717) is 18.5 Å². The first-order valence-corrected chi connectivity index (χ1v) is 10.0. The number of thiophene rings is 1. The Morgan fingerprint density at radius 1 is 0.967 bits per heavy atom. The Bertz CT molecular complexity index is 1180. The van der Waals surface area contributed by atoms with Crippen molar-refractivity contribution in [2.45, 2.75) is 12.8 Å². The molecule has 30 heavy (non-hydrogen) atoms. The van der Waals surface area contributed by atoms with Crippen molar-refractivity contribution < 1.29 is 14.4 Å². The number of carbonyl (C=O) groups excluding carboxylic acids is 3. The summed E-state index contributed by atoms with van der Waals surface area (Å²) in [6, 6.07) is 6.21. The molecule has 0 bridgehead atoms. The summed E-state index contributed by atoms with van der Waals surface area (Å²) in [6.07, 6.45) is 0.561. The number of hydrogen-bond acceptors (Lipinski definition) is 6. The summed E-state index contributed by atoms with van der Waals surface area (Å²) >= 11 is 1.42. The lowest BCUT2D eigenvalue weighted by atomic mass is 10.1. The number of carbonyl (C=O) groups is 3. The van der Waals surface area contributed by atoms with Crippen LogP contribution in [-0.4, -0.2) is 41.0 Å². The second-order valence-electron chi connectivity index (χ2n) is 6.33. The minimum Gasteiger partial charge on any atom is -0.352 e. The molecule has 0 aliphatic carbocycles. The Hall–Kier alpha value is -3.73. The van der Waals surface area contributed by atoms with Gasteiger partial charge in [-0.15, -0.1) is 0 Å². The van der Waals surface area contributed by atoms with E-state index in [1.54, 1.807) is 16.8 Å². The lowest BCUT2D eigenvalue weighted by Crippen LogP contribution is -2.33. The van der Waals surface area contributed by atoms with E-state index in [9.17, 15) is 24.0 Å². The van der Waals surface area contributed by atoms with Gasteiger partial charge >= 0.3 is 0 Å². The maximum Gasteiger partial charge on any atom is 0.272 e. The molecule has 0 saturated carbocycles. The van der Waals surface area contributed by atoms with Crippen molar-refractivity contribution in [1.29, 1.82) is 0 Å². The molecule has 2 aromatic heterocycles. The number of aromatic amines is 2. The fourth-order valence-electron chi connectivity index (χ4n) is 2.74. The summed E-state index contributed by atoms with van der Waals surface area (Å²) in [5.74, 6) is -1.08. The zero-order valence-corrected chi connectivity index (χ0v) is 16.6. The van der Waals surface area contributed by atoms with E-state index in [4.69, 9.17) is 0 Å². The van der Waals surface area contributed by atoms with Crippen LogP contribution in [0.15, 0.2) is 44.6 Å². The first-order chi connectivity index (χ1) is 14.5. The normalized spacial score (nSPS) is 10.5. The second kappa shape index (κ2) is 9.65. The largest absolute Gasteiger partial charge is 0.352 e. The Morgan fingerprint density at radius 2 is 1.77 bits per heavy atom. The summed E-state index contributed by atoms with van der Waals surface area (Å²) in [6.45, 7) is 0.0409. The molecule has 0 fully saturated rings. The van der Waals surface area contributed by atoms with Gasteiger partial charge in [0.1, 0.15) is 0 Å². The number of hydrogen-bond donors (Lipinski definition) is 5. The highest BCUT2D eigenvalue weighted by atomic mass is 32.1. The topological polar surface area (TPSA) is 153 Å². The van der Waals surface area contributed by atoms with Crippen LogP contribution in [0, 0.1) is 0 Å². The molecule has 156 valence electrons. The molecule has 0 unspecified atom stereocenters. The van der Waals surface area contributed by atoms with E-state index in [2.05, 4.69) is 26.1 Å². The molecule has 0 aliphatic rings. The molecule has 2 heterocycles. The van der Waals surface area contributed by atoms with Gasteiger partial charge < -0.3 is 16.0 Å². The molecule has 5 N–H and O–H groups in total. The van der Waals surface area contributed by atoms with Gasteiger partial charge in [0, 0.05) is 23.9 Å². The standard InChI is InChI=1S/C19H19N5O5S/c25-14(5-2-7-20-17(27)11-6-8-30-10-11)21-9-15(26)22-13-4-1-3-12-16(13)19(29)24-23-18(12)28/h1,3-4,6,8,10H,2,5,7,9H2,(H,20,27)(H,21,25)(H,22,26)(H,23,28)(H,24,29). The minimum atomic E-state index is -0.547. The smallest absolute Gasteiger partial charge is 0.272 e. The molecule has 0 atom stereocenters. The number of nitrogens with one attached hydrogen (secondary N) is 5. The number of H-pyrrole nitrogens is 2. The van der Waals surface area contributed by atoms with Gasteiger partial charge in [0.25, 0.3) is 17.0 Å². The van der Waals surface area contributed by atoms with E-state index in [1.807, 2.05) is 0 Å². The summed E-state index contributed by atoms with van der Waals surface area (Å²) in [5, 5.41) is 15.9. The second-order valence-corrected chi connectivity index (χ2v) is 7.11. The molecule has 3 amide bonds. The number of benzene rings is 1. The minimum absolute atomic E-state index is 0.0577. The van der Waals surface area contributed by atoms with Gasteiger partial charge in [0.15, 0.2) is 0 Å². The molecule has 0 radical (unpaired) electrons. The molecule has 10 nitrogen and oxygen atoms in total. The third-order valence-electron chi connectivity index (χ3n) is 4.20. The van der Waals surface area contributed by atoms with Crippen molar-refractivity contribution >= 4 is 45.5 Å². The van der Waals surface area contributed by atoms with Crippen LogP contribution < -0.4 is 27.1 Å². The predicted molar refractivity (Wildman–Crippen MR) is 113 cm³/mol. The van der Waals surface area contributed by atoms with Crippen molar-refractivity contribution in [3.63, 3.8) is 0 Å². The van der Waals surface area contributed by atoms with Gasteiger partial charge in [-0.1, -0.05) is 6.07 Å². The van der Waals surface area contributed by atoms with Crippen LogP contribution in [0.4, 0.5) is 5.69 Å². The van der Waals surface area contributed by atoms with Crippen LogP contribution in [0.25, 0.3) is 10.8 Å². The molecule has 0 spiro atoms. The molecule has 3 rings (SSSR count). The van der Waals surface area contributed by atoms with Gasteiger partial charge in [0.2, 0.25) is 11.8 Å². The van der Waals surface area contributed by atoms with Crippen LogP contribution in [0.3, 0.4) is 0 Å². The van der Waals surface area contributed by atoms with Gasteiger partial charge in [-0.3, -0.25) is 34.2 Å². The summed E-state index contributed by atoms with van der Waals surface area (Å²) < 4.78 is 0. The predicted octanol–water partition coefficient (Wildman–Crippen LogP) is 0.543. The fourth-order valence-corrected chi connectivity index (χ4v) is 3.38. The van der Waals surface area contributed by atoms with E-state index in [1.165, 1.54) is 29.5 Å². The van der Waals surface area contributed by atoms with Crippen molar-refractivity contribution in [1.82, 2.24) is 20.8 Å². The Labute approximate surface area is 173 Å². The van der Waals surface area contributed by atoms with E-state index in [-0.39, 0.29) is 41.2 Å². The zero-order valence-electron chi connectivity index (χ0n) is 15.7. The van der Waals surface area contributed by atoms with E-state index < -0.39 is 17.0 Å². The van der Waals surface area contributed by atoms with Crippen molar-refractivity contribution in [3.05, 3.63) is 61.3 Å². The molecule has 11 heteroatoms. The molecule has 0 aliphatic heterocycles. The maximum atomic E-state index is 12.1. The lowest BCUT2D eigenvalue weighted by Gasteiger charge is -2.09. The van der Waals surface area contributed by atoms with Crippen molar-refractivity contribution in [2.75, 3.05) is 18.4 Å². The van der Waals surface area contributed by atoms with Crippen LogP contribution in [0.2, 0.25) is 0 Å². The average Bonchev–Trinajstić information content (AvgIpc) is 3.27. The Kier molecular flexibility index (Phi) is 6.75. The first-order valence-electron chi connectivity index (χ1n) is 9.06. The molecule has 1 aromatic carbocycles. The first kappa shape index (κ1) is 21.0. The number of rotatable bonds is 8. The summed E-state index contributed by atoms with van der Waals surface area (Å²) in [5.41, 5.74) is -0.278. The summed E-state index contributed by atoms with van der Waals surface area (Å²) in [7, 11) is 0. The van der Waals surface area contributed by atoms with Crippen LogP contribution >= 0.6 is 11.3 Å². The number of fused-ring (bicyclic) bond motifs is 1. The molecule has 3 aromatic rings. The molecular weight excluding hydrogens is 410 g/mol. The highest BCUT2D eigenvalue weighted by molar-refractivity contribution is 7.08. The Morgan fingerprint density at radius 3 is 2.53 bits per heavy atom. The quantitative estimate of drug-likeness (QED) is 0.331. The zero-order chi connectivity index (χ0) is 21.5. The fraction of sp³-hybridized carbons (Fsp3) is 0.211. The number of amides is 3. The van der Waals surface area contributed by atoms with E-state index in [0.717, 1.165) is 0 Å².